The number of hydrogen-bond donors (Lipinski definition) is 0. The van der Waals surface area contributed by atoms with E-state index in [-0.39, 0.29) is 0 Å². The second-order valence-corrected chi connectivity index (χ2v) is 8.10. The Labute approximate surface area is 136 Å². The standard InChI is InChI=1S/C16H25ClN2OS/c1-16(2,3)12-4-5-15(20)19(8-6-12)9-7-14-18-13(10-17)11-21-14/h11-12H,4-10H2,1-3H3. The van der Waals surface area contributed by atoms with Crippen LogP contribution in [0.5, 0.6) is 0 Å². The highest BCUT2D eigenvalue weighted by Crippen LogP contribution is 2.34. The van der Waals surface area contributed by atoms with Crippen molar-refractivity contribution in [2.24, 2.45) is 11.3 Å². The average molecular weight is 329 g/mol. The number of rotatable bonds is 4. The number of amides is 1. The highest BCUT2D eigenvalue weighted by molar-refractivity contribution is 7.09. The number of thiazole rings is 1. The molecule has 118 valence electrons. The summed E-state index contributed by atoms with van der Waals surface area (Å²) in [5, 5.41) is 3.08. The van der Waals surface area contributed by atoms with E-state index in [9.17, 15) is 4.79 Å². The van der Waals surface area contributed by atoms with E-state index in [1.54, 1.807) is 11.3 Å². The van der Waals surface area contributed by atoms with E-state index in [4.69, 9.17) is 11.6 Å². The molecule has 1 fully saturated rings. The van der Waals surface area contributed by atoms with Crippen LogP contribution < -0.4 is 0 Å². The van der Waals surface area contributed by atoms with Crippen LogP contribution in [0.4, 0.5) is 0 Å². The molecular weight excluding hydrogens is 304 g/mol. The molecule has 1 aromatic heterocycles. The second kappa shape index (κ2) is 7.10. The maximum Gasteiger partial charge on any atom is 0.222 e. The van der Waals surface area contributed by atoms with Crippen molar-refractivity contribution in [1.82, 2.24) is 9.88 Å². The minimum Gasteiger partial charge on any atom is -0.342 e. The van der Waals surface area contributed by atoms with Gasteiger partial charge in [0.2, 0.25) is 5.91 Å². The van der Waals surface area contributed by atoms with E-state index in [0.29, 0.717) is 29.5 Å². The van der Waals surface area contributed by atoms with E-state index >= 15 is 0 Å². The summed E-state index contributed by atoms with van der Waals surface area (Å²) in [5.41, 5.74) is 1.23. The third kappa shape index (κ3) is 4.68. The Morgan fingerprint density at radius 3 is 2.81 bits per heavy atom. The van der Waals surface area contributed by atoms with Crippen molar-refractivity contribution in [3.8, 4) is 0 Å². The van der Waals surface area contributed by atoms with Gasteiger partial charge in [-0.05, 0) is 24.2 Å². The SMILES string of the molecule is CC(C)(C)C1CCC(=O)N(CCc2nc(CCl)cs2)CC1. The Kier molecular flexibility index (Phi) is 5.67. The normalized spacial score (nSPS) is 20.7. The van der Waals surface area contributed by atoms with Gasteiger partial charge in [-0.1, -0.05) is 20.8 Å². The van der Waals surface area contributed by atoms with Crippen LogP contribution in [0.2, 0.25) is 0 Å². The number of hydrogen-bond acceptors (Lipinski definition) is 3. The zero-order chi connectivity index (χ0) is 15.5. The topological polar surface area (TPSA) is 33.2 Å². The molecular formula is C16H25ClN2OS. The predicted molar refractivity (Wildman–Crippen MR) is 88.8 cm³/mol. The van der Waals surface area contributed by atoms with Crippen molar-refractivity contribution in [2.45, 2.75) is 52.3 Å². The molecule has 1 aliphatic heterocycles. The fraction of sp³-hybridized carbons (Fsp3) is 0.750. The summed E-state index contributed by atoms with van der Waals surface area (Å²) in [4.78, 5) is 18.7. The lowest BCUT2D eigenvalue weighted by Gasteiger charge is -2.29. The average Bonchev–Trinajstić information content (AvgIpc) is 2.79. The molecule has 2 heterocycles. The van der Waals surface area contributed by atoms with Crippen molar-refractivity contribution in [1.29, 1.82) is 0 Å². The number of carbonyl (C=O) groups excluding carboxylic acids is 1. The summed E-state index contributed by atoms with van der Waals surface area (Å²) in [6.45, 7) is 8.50. The Morgan fingerprint density at radius 1 is 1.43 bits per heavy atom. The summed E-state index contributed by atoms with van der Waals surface area (Å²) in [6.07, 6.45) is 3.66. The number of likely N-dealkylation sites (tertiary alicyclic amines) is 1. The van der Waals surface area contributed by atoms with Crippen LogP contribution in [0.3, 0.4) is 0 Å². The van der Waals surface area contributed by atoms with Crippen molar-refractivity contribution in [2.75, 3.05) is 13.1 Å². The first kappa shape index (κ1) is 16.8. The highest BCUT2D eigenvalue weighted by atomic mass is 35.5. The van der Waals surface area contributed by atoms with Gasteiger partial charge in [-0.3, -0.25) is 4.79 Å². The van der Waals surface area contributed by atoms with Crippen LogP contribution in [0.15, 0.2) is 5.38 Å². The highest BCUT2D eigenvalue weighted by Gasteiger charge is 2.29. The van der Waals surface area contributed by atoms with Gasteiger partial charge < -0.3 is 4.90 Å². The van der Waals surface area contributed by atoms with Gasteiger partial charge >= 0.3 is 0 Å². The van der Waals surface area contributed by atoms with Crippen molar-refractivity contribution in [3.05, 3.63) is 16.1 Å². The monoisotopic (exact) mass is 328 g/mol. The van der Waals surface area contributed by atoms with Gasteiger partial charge in [-0.2, -0.15) is 0 Å². The first-order valence-corrected chi connectivity index (χ1v) is 9.08. The van der Waals surface area contributed by atoms with Gasteiger partial charge in [0.1, 0.15) is 0 Å². The van der Waals surface area contributed by atoms with Gasteiger partial charge in [0.25, 0.3) is 0 Å². The molecule has 1 amide bonds. The van der Waals surface area contributed by atoms with Gasteiger partial charge in [0.05, 0.1) is 16.6 Å². The summed E-state index contributed by atoms with van der Waals surface area (Å²) in [5.74, 6) is 1.40. The van der Waals surface area contributed by atoms with E-state index < -0.39 is 0 Å². The zero-order valence-electron chi connectivity index (χ0n) is 13.2. The van der Waals surface area contributed by atoms with Crippen LogP contribution in [0.1, 0.15) is 50.7 Å². The van der Waals surface area contributed by atoms with Crippen LogP contribution >= 0.6 is 22.9 Å². The molecule has 0 radical (unpaired) electrons. The van der Waals surface area contributed by atoms with Crippen LogP contribution in [0, 0.1) is 11.3 Å². The first-order chi connectivity index (χ1) is 9.90. The molecule has 1 aliphatic rings. The molecule has 1 aromatic rings. The molecule has 21 heavy (non-hydrogen) atoms. The van der Waals surface area contributed by atoms with Crippen LogP contribution in [-0.2, 0) is 17.1 Å². The predicted octanol–water partition coefficient (Wildman–Crippen LogP) is 4.10. The van der Waals surface area contributed by atoms with Gasteiger partial charge in [0.15, 0.2) is 0 Å². The molecule has 0 bridgehead atoms. The number of nitrogens with zero attached hydrogens (tertiary/aromatic N) is 2. The molecule has 1 saturated heterocycles. The maximum atomic E-state index is 12.3. The summed E-state index contributed by atoms with van der Waals surface area (Å²) in [7, 11) is 0. The summed E-state index contributed by atoms with van der Waals surface area (Å²) < 4.78 is 0. The number of aromatic nitrogens is 1. The molecule has 0 aliphatic carbocycles. The Balaban J connectivity index is 1.89. The van der Waals surface area contributed by atoms with Crippen molar-refractivity contribution >= 4 is 28.8 Å². The van der Waals surface area contributed by atoms with Crippen LogP contribution in [-0.4, -0.2) is 28.9 Å². The lowest BCUT2D eigenvalue weighted by molar-refractivity contribution is -0.130. The van der Waals surface area contributed by atoms with E-state index in [1.165, 1.54) is 0 Å². The largest absolute Gasteiger partial charge is 0.342 e. The fourth-order valence-corrected chi connectivity index (χ4v) is 3.91. The summed E-state index contributed by atoms with van der Waals surface area (Å²) >= 11 is 7.41. The Bertz CT molecular complexity index is 481. The lowest BCUT2D eigenvalue weighted by Crippen LogP contribution is -2.32. The molecule has 2 rings (SSSR count). The molecule has 5 heteroatoms. The lowest BCUT2D eigenvalue weighted by atomic mass is 9.77. The molecule has 0 N–H and O–H groups in total. The minimum absolute atomic E-state index is 0.293. The fourth-order valence-electron chi connectivity index (χ4n) is 2.89. The number of halogens is 1. The smallest absolute Gasteiger partial charge is 0.222 e. The van der Waals surface area contributed by atoms with E-state index in [2.05, 4.69) is 25.8 Å². The first-order valence-electron chi connectivity index (χ1n) is 7.67. The van der Waals surface area contributed by atoms with Gasteiger partial charge in [0, 0.05) is 31.3 Å². The summed E-state index contributed by atoms with van der Waals surface area (Å²) in [6, 6.07) is 0. The molecule has 1 atom stereocenters. The van der Waals surface area contributed by atoms with Crippen molar-refractivity contribution in [3.63, 3.8) is 0 Å². The maximum absolute atomic E-state index is 12.3. The molecule has 0 spiro atoms. The minimum atomic E-state index is 0.293. The van der Waals surface area contributed by atoms with Crippen LogP contribution in [0.25, 0.3) is 0 Å². The quantitative estimate of drug-likeness (QED) is 0.780. The second-order valence-electron chi connectivity index (χ2n) is 6.89. The third-order valence-corrected chi connectivity index (χ3v) is 5.59. The van der Waals surface area contributed by atoms with E-state index in [0.717, 1.165) is 43.1 Å². The third-order valence-electron chi connectivity index (χ3n) is 4.36. The molecule has 0 saturated carbocycles. The molecule has 1 unspecified atom stereocenters. The Morgan fingerprint density at radius 2 is 2.19 bits per heavy atom. The van der Waals surface area contributed by atoms with Crippen molar-refractivity contribution < 1.29 is 4.79 Å². The Hall–Kier alpha value is -0.610. The van der Waals surface area contributed by atoms with Gasteiger partial charge in [-0.25, -0.2) is 4.98 Å². The number of alkyl halides is 1. The number of carbonyl (C=O) groups is 1. The van der Waals surface area contributed by atoms with Gasteiger partial charge in [-0.15, -0.1) is 22.9 Å². The molecule has 0 aromatic carbocycles. The van der Waals surface area contributed by atoms with E-state index in [1.807, 2.05) is 10.3 Å². The molecule has 3 nitrogen and oxygen atoms in total. The zero-order valence-corrected chi connectivity index (χ0v) is 14.8.